The first-order valence-electron chi connectivity index (χ1n) is 8.35. The van der Waals surface area contributed by atoms with Crippen LogP contribution in [0.25, 0.3) is 11.1 Å². The zero-order valence-corrected chi connectivity index (χ0v) is 13.5. The largest absolute Gasteiger partial charge is 0.440 e. The average Bonchev–Trinajstić information content (AvgIpc) is 3.18. The maximum atomic E-state index is 12.3. The molecule has 0 aliphatic carbocycles. The zero-order chi connectivity index (χ0) is 17.4. The van der Waals surface area contributed by atoms with Crippen LogP contribution in [0, 0.1) is 0 Å². The average molecular weight is 342 g/mol. The molecule has 2 saturated heterocycles. The highest BCUT2D eigenvalue weighted by Gasteiger charge is 2.34. The Balaban J connectivity index is 1.35. The van der Waals surface area contributed by atoms with Crippen LogP contribution in [0.2, 0.25) is 0 Å². The second-order valence-corrected chi connectivity index (χ2v) is 6.39. The van der Waals surface area contributed by atoms with Gasteiger partial charge in [0.05, 0.1) is 6.42 Å². The van der Waals surface area contributed by atoms with E-state index in [1.165, 1.54) is 0 Å². The highest BCUT2D eigenvalue weighted by molar-refractivity contribution is 6.05. The Morgan fingerprint density at radius 2 is 2.00 bits per heavy atom. The first-order valence-corrected chi connectivity index (χ1v) is 8.35. The number of aromatic nitrogens is 1. The van der Waals surface area contributed by atoms with Crippen LogP contribution >= 0.6 is 0 Å². The van der Waals surface area contributed by atoms with Crippen LogP contribution in [0.3, 0.4) is 0 Å². The number of para-hydroxylation sites is 2. The van der Waals surface area contributed by atoms with Gasteiger partial charge >= 0.3 is 6.03 Å². The smallest absolute Gasteiger partial charge is 0.322 e. The van der Waals surface area contributed by atoms with E-state index in [1.807, 2.05) is 24.3 Å². The number of oxazole rings is 1. The van der Waals surface area contributed by atoms with Crippen molar-refractivity contribution in [2.45, 2.75) is 31.2 Å². The number of hydrogen-bond acceptors (Lipinski definition) is 5. The molecule has 4 rings (SSSR count). The first kappa shape index (κ1) is 15.6. The van der Waals surface area contributed by atoms with Crippen molar-refractivity contribution in [3.05, 3.63) is 30.2 Å². The van der Waals surface area contributed by atoms with Gasteiger partial charge in [0.1, 0.15) is 11.6 Å². The first-order chi connectivity index (χ1) is 12.1. The van der Waals surface area contributed by atoms with Gasteiger partial charge in [0.15, 0.2) is 11.5 Å². The summed E-state index contributed by atoms with van der Waals surface area (Å²) >= 11 is 0. The molecule has 2 aliphatic heterocycles. The van der Waals surface area contributed by atoms with Gasteiger partial charge < -0.3 is 14.6 Å². The van der Waals surface area contributed by atoms with Crippen molar-refractivity contribution in [1.82, 2.24) is 20.5 Å². The number of hydrogen-bond donors (Lipinski definition) is 2. The Bertz CT molecular complexity index is 805. The molecule has 8 heteroatoms. The van der Waals surface area contributed by atoms with E-state index in [0.29, 0.717) is 13.1 Å². The Labute approximate surface area is 143 Å². The van der Waals surface area contributed by atoms with Gasteiger partial charge in [0.25, 0.3) is 5.91 Å². The summed E-state index contributed by atoms with van der Waals surface area (Å²) in [4.78, 5) is 41.3. The van der Waals surface area contributed by atoms with E-state index in [4.69, 9.17) is 4.42 Å². The number of nitrogens with zero attached hydrogens (tertiary/aromatic N) is 2. The molecule has 0 bridgehead atoms. The van der Waals surface area contributed by atoms with Gasteiger partial charge in [-0.15, -0.1) is 0 Å². The highest BCUT2D eigenvalue weighted by Crippen LogP contribution is 2.30. The van der Waals surface area contributed by atoms with Gasteiger partial charge in [-0.1, -0.05) is 12.1 Å². The van der Waals surface area contributed by atoms with E-state index in [9.17, 15) is 14.4 Å². The topological polar surface area (TPSA) is 105 Å². The minimum Gasteiger partial charge on any atom is -0.440 e. The predicted octanol–water partition coefficient (Wildman–Crippen LogP) is 1.13. The van der Waals surface area contributed by atoms with Crippen molar-refractivity contribution in [3.63, 3.8) is 0 Å². The van der Waals surface area contributed by atoms with Gasteiger partial charge in [-0.25, -0.2) is 9.78 Å². The number of nitrogens with one attached hydrogen (secondary N) is 2. The lowest BCUT2D eigenvalue weighted by Gasteiger charge is -2.31. The van der Waals surface area contributed by atoms with Crippen LogP contribution in [0.4, 0.5) is 4.79 Å². The summed E-state index contributed by atoms with van der Waals surface area (Å²) in [6.07, 6.45) is 1.52. The van der Waals surface area contributed by atoms with Crippen LogP contribution in [-0.2, 0) is 9.59 Å². The second-order valence-electron chi connectivity index (χ2n) is 6.39. The van der Waals surface area contributed by atoms with Crippen molar-refractivity contribution in [3.8, 4) is 0 Å². The third-order valence-electron chi connectivity index (χ3n) is 4.74. The van der Waals surface area contributed by atoms with Gasteiger partial charge in [0.2, 0.25) is 5.91 Å². The van der Waals surface area contributed by atoms with E-state index < -0.39 is 18.0 Å². The van der Waals surface area contributed by atoms with Gasteiger partial charge in [-0.2, -0.15) is 0 Å². The standard InChI is InChI=1S/C17H18N4O4/c22-14(9-12-15(23)20-17(24)19-12)21-7-5-10(6-8-21)16-18-11-3-1-2-4-13(11)25-16/h1-4,10,12H,5-9H2,(H2,19,20,23,24)/t12-/m1/s1. The minimum atomic E-state index is -0.769. The highest BCUT2D eigenvalue weighted by atomic mass is 16.3. The van der Waals surface area contributed by atoms with Crippen LogP contribution in [-0.4, -0.2) is 46.9 Å². The second kappa shape index (κ2) is 6.19. The number of benzene rings is 1. The Kier molecular flexibility index (Phi) is 3.87. The van der Waals surface area contributed by atoms with E-state index in [-0.39, 0.29) is 18.2 Å². The van der Waals surface area contributed by atoms with Gasteiger partial charge in [-0.05, 0) is 25.0 Å². The fourth-order valence-corrected chi connectivity index (χ4v) is 3.35. The molecule has 0 radical (unpaired) electrons. The number of rotatable bonds is 3. The molecule has 2 N–H and O–H groups in total. The molecule has 2 fully saturated rings. The maximum Gasteiger partial charge on any atom is 0.322 e. The third-order valence-corrected chi connectivity index (χ3v) is 4.74. The fourth-order valence-electron chi connectivity index (χ4n) is 3.35. The van der Waals surface area contributed by atoms with Crippen molar-refractivity contribution in [2.24, 2.45) is 0 Å². The van der Waals surface area contributed by atoms with E-state index in [0.717, 1.165) is 29.8 Å². The van der Waals surface area contributed by atoms with Gasteiger partial charge in [-0.3, -0.25) is 14.9 Å². The monoisotopic (exact) mass is 342 g/mol. The number of urea groups is 1. The number of piperidine rings is 1. The molecule has 25 heavy (non-hydrogen) atoms. The Morgan fingerprint density at radius 1 is 1.24 bits per heavy atom. The molecule has 130 valence electrons. The summed E-state index contributed by atoms with van der Waals surface area (Å²) < 4.78 is 5.82. The molecule has 3 heterocycles. The summed E-state index contributed by atoms with van der Waals surface area (Å²) in [5.41, 5.74) is 1.62. The molecule has 1 aromatic heterocycles. The number of imide groups is 1. The molecule has 1 aromatic carbocycles. The molecular weight excluding hydrogens is 324 g/mol. The maximum absolute atomic E-state index is 12.3. The van der Waals surface area contributed by atoms with E-state index >= 15 is 0 Å². The summed E-state index contributed by atoms with van der Waals surface area (Å²) in [5.74, 6) is 0.333. The number of likely N-dealkylation sites (tertiary alicyclic amines) is 1. The molecule has 1 atom stereocenters. The number of carbonyl (C=O) groups excluding carboxylic acids is 3. The third kappa shape index (κ3) is 3.07. The van der Waals surface area contributed by atoms with Crippen LogP contribution < -0.4 is 10.6 Å². The van der Waals surface area contributed by atoms with Crippen LogP contribution in [0.15, 0.2) is 28.7 Å². The summed E-state index contributed by atoms with van der Waals surface area (Å²) in [7, 11) is 0. The molecule has 8 nitrogen and oxygen atoms in total. The lowest BCUT2D eigenvalue weighted by atomic mass is 9.96. The Hall–Kier alpha value is -2.90. The van der Waals surface area contributed by atoms with Crippen molar-refractivity contribution in [2.75, 3.05) is 13.1 Å². The fraction of sp³-hybridized carbons (Fsp3) is 0.412. The molecule has 4 amide bonds. The molecule has 2 aromatic rings. The van der Waals surface area contributed by atoms with Crippen molar-refractivity contribution >= 4 is 28.9 Å². The molecule has 0 unspecified atom stereocenters. The minimum absolute atomic E-state index is 0.00880. The number of amides is 4. The summed E-state index contributed by atoms with van der Waals surface area (Å²) in [6.45, 7) is 1.18. The number of fused-ring (bicyclic) bond motifs is 1. The SMILES string of the molecule is O=C1NC(=O)[C@@H](CC(=O)N2CCC(c3nc4ccccc4o3)CC2)N1. The van der Waals surface area contributed by atoms with Crippen molar-refractivity contribution in [1.29, 1.82) is 0 Å². The molecule has 0 saturated carbocycles. The summed E-state index contributed by atoms with van der Waals surface area (Å²) in [5, 5.41) is 4.59. The molecule has 2 aliphatic rings. The lowest BCUT2D eigenvalue weighted by molar-refractivity contribution is -0.134. The van der Waals surface area contributed by atoms with E-state index in [2.05, 4.69) is 15.6 Å². The normalized spacial score (nSPS) is 21.4. The van der Waals surface area contributed by atoms with E-state index in [1.54, 1.807) is 4.90 Å². The molecule has 0 spiro atoms. The lowest BCUT2D eigenvalue weighted by Crippen LogP contribution is -2.42. The number of carbonyl (C=O) groups is 3. The van der Waals surface area contributed by atoms with Crippen molar-refractivity contribution < 1.29 is 18.8 Å². The Morgan fingerprint density at radius 3 is 2.68 bits per heavy atom. The van der Waals surface area contributed by atoms with Crippen LogP contribution in [0.1, 0.15) is 31.1 Å². The zero-order valence-electron chi connectivity index (χ0n) is 13.5. The molecular formula is C17H18N4O4. The van der Waals surface area contributed by atoms with Gasteiger partial charge in [0, 0.05) is 19.0 Å². The predicted molar refractivity (Wildman–Crippen MR) is 87.6 cm³/mol. The van der Waals surface area contributed by atoms with Crippen LogP contribution in [0.5, 0.6) is 0 Å². The summed E-state index contributed by atoms with van der Waals surface area (Å²) in [6, 6.07) is 6.34. The quantitative estimate of drug-likeness (QED) is 0.814.